The molecule has 0 heterocycles. The van der Waals surface area contributed by atoms with Crippen LogP contribution in [0.5, 0.6) is 0 Å². The van der Waals surface area contributed by atoms with E-state index >= 15 is 0 Å². The van der Waals surface area contributed by atoms with Crippen molar-refractivity contribution in [2.24, 2.45) is 5.92 Å². The lowest BCUT2D eigenvalue weighted by Gasteiger charge is -2.17. The number of aliphatic carboxylic acids is 4. The van der Waals surface area contributed by atoms with E-state index in [-0.39, 0.29) is 11.1 Å². The largest absolute Gasteiger partial charge is 0.478 e. The minimum atomic E-state index is -1.09. The number of rotatable bonds is 13. The van der Waals surface area contributed by atoms with Gasteiger partial charge in [0.05, 0.1) is 0 Å². The second-order valence-electron chi connectivity index (χ2n) is 6.93. The van der Waals surface area contributed by atoms with Crippen molar-refractivity contribution >= 4 is 23.9 Å². The van der Waals surface area contributed by atoms with Crippen molar-refractivity contribution in [1.82, 2.24) is 4.90 Å². The molecule has 0 saturated carbocycles. The first-order chi connectivity index (χ1) is 14.7. The Morgan fingerprint density at radius 1 is 0.938 bits per heavy atom. The molecule has 32 heavy (non-hydrogen) atoms. The Bertz CT molecular complexity index is 692. The summed E-state index contributed by atoms with van der Waals surface area (Å²) in [5.74, 6) is -4.40. The van der Waals surface area contributed by atoms with Crippen LogP contribution in [0.3, 0.4) is 0 Å². The number of nitrogens with zero attached hydrogens (tertiary/aromatic N) is 1. The average Bonchev–Trinajstić information content (AvgIpc) is 2.71. The van der Waals surface area contributed by atoms with Crippen molar-refractivity contribution in [2.75, 3.05) is 20.6 Å². The molecule has 0 aromatic rings. The number of carbonyl (C=O) groups is 4. The predicted octanol–water partition coefficient (Wildman–Crippen LogP) is 3.69. The molecule has 0 amide bonds. The molecule has 4 N–H and O–H groups in total. The fraction of sp³-hybridized carbons (Fsp3) is 0.478. The molecule has 0 spiro atoms. The molecule has 0 aliphatic carbocycles. The topological polar surface area (TPSA) is 152 Å². The zero-order valence-electron chi connectivity index (χ0n) is 19.5. The monoisotopic (exact) mass is 455 g/mol. The van der Waals surface area contributed by atoms with Crippen LogP contribution in [-0.4, -0.2) is 69.8 Å². The zero-order valence-corrected chi connectivity index (χ0v) is 19.5. The van der Waals surface area contributed by atoms with E-state index < -0.39 is 29.8 Å². The summed E-state index contributed by atoms with van der Waals surface area (Å²) in [6, 6.07) is 0. The lowest BCUT2D eigenvalue weighted by Crippen LogP contribution is -2.20. The predicted molar refractivity (Wildman–Crippen MR) is 124 cm³/mol. The van der Waals surface area contributed by atoms with Crippen LogP contribution in [0.25, 0.3) is 0 Å². The highest BCUT2D eigenvalue weighted by molar-refractivity contribution is 5.89. The minimum Gasteiger partial charge on any atom is -0.478 e. The molecule has 0 radical (unpaired) electrons. The second-order valence-corrected chi connectivity index (χ2v) is 6.93. The highest BCUT2D eigenvalue weighted by atomic mass is 16.4. The van der Waals surface area contributed by atoms with Gasteiger partial charge >= 0.3 is 23.9 Å². The first-order valence-corrected chi connectivity index (χ1v) is 10.0. The maximum Gasteiger partial charge on any atom is 0.331 e. The number of unbranched alkanes of at least 4 members (excludes halogenated alkanes) is 1. The summed E-state index contributed by atoms with van der Waals surface area (Å²) in [6.07, 6.45) is 5.79. The molecular formula is C23H37NO8. The van der Waals surface area contributed by atoms with Crippen molar-refractivity contribution in [3.8, 4) is 0 Å². The molecule has 0 bridgehead atoms. The summed E-state index contributed by atoms with van der Waals surface area (Å²) < 4.78 is 0. The van der Waals surface area contributed by atoms with Gasteiger partial charge in [0, 0.05) is 28.7 Å². The number of carboxylic acids is 4. The third-order valence-corrected chi connectivity index (χ3v) is 3.98. The Hall–Kier alpha value is -3.20. The molecule has 0 fully saturated rings. The summed E-state index contributed by atoms with van der Waals surface area (Å²) in [6.45, 7) is 14.3. The van der Waals surface area contributed by atoms with Crippen molar-refractivity contribution in [3.63, 3.8) is 0 Å². The van der Waals surface area contributed by atoms with Gasteiger partial charge in [-0.2, -0.15) is 0 Å². The first kappa shape index (κ1) is 33.4. The van der Waals surface area contributed by atoms with E-state index in [0.29, 0.717) is 31.4 Å². The molecule has 9 heteroatoms. The van der Waals surface area contributed by atoms with Gasteiger partial charge in [-0.1, -0.05) is 46.1 Å². The number of carboxylic acid groups (broad SMARTS) is 4. The van der Waals surface area contributed by atoms with E-state index in [1.807, 2.05) is 25.9 Å². The van der Waals surface area contributed by atoms with Crippen LogP contribution < -0.4 is 0 Å². The summed E-state index contributed by atoms with van der Waals surface area (Å²) in [7, 11) is 3.75. The second kappa shape index (κ2) is 19.7. The Morgan fingerprint density at radius 3 is 1.72 bits per heavy atom. The van der Waals surface area contributed by atoms with E-state index in [1.54, 1.807) is 6.92 Å². The molecule has 0 aromatic carbocycles. The third kappa shape index (κ3) is 20.1. The van der Waals surface area contributed by atoms with Gasteiger partial charge in [0.15, 0.2) is 0 Å². The lowest BCUT2D eigenvalue weighted by molar-refractivity contribution is -0.134. The van der Waals surface area contributed by atoms with Gasteiger partial charge in [0.25, 0.3) is 0 Å². The van der Waals surface area contributed by atoms with E-state index in [1.165, 1.54) is 6.08 Å². The van der Waals surface area contributed by atoms with E-state index in [9.17, 15) is 19.2 Å². The Morgan fingerprint density at radius 2 is 1.44 bits per heavy atom. The quantitative estimate of drug-likeness (QED) is 0.305. The van der Waals surface area contributed by atoms with Crippen molar-refractivity contribution in [2.45, 2.75) is 46.0 Å². The molecule has 0 aliphatic heterocycles. The maximum absolute atomic E-state index is 10.9. The highest BCUT2D eigenvalue weighted by Crippen LogP contribution is 2.19. The van der Waals surface area contributed by atoms with Gasteiger partial charge in [0.2, 0.25) is 0 Å². The van der Waals surface area contributed by atoms with Crippen LogP contribution in [0.15, 0.2) is 48.6 Å². The normalized spacial score (nSPS) is 11.1. The summed E-state index contributed by atoms with van der Waals surface area (Å²) >= 11 is 0. The van der Waals surface area contributed by atoms with Gasteiger partial charge in [-0.05, 0) is 46.3 Å². The van der Waals surface area contributed by atoms with Crippen LogP contribution >= 0.6 is 0 Å². The molecular weight excluding hydrogens is 418 g/mol. The van der Waals surface area contributed by atoms with E-state index in [2.05, 4.69) is 19.7 Å². The SMILES string of the molecule is C=C(C(=O)O)C(C=C(CC)C(=O)O)CCN(C)C.C=C(CCCC)C(=O)O.C=CC(=O)O. The van der Waals surface area contributed by atoms with Crippen molar-refractivity contribution in [1.29, 1.82) is 0 Å². The van der Waals surface area contributed by atoms with Crippen LogP contribution in [0.1, 0.15) is 46.0 Å². The first-order valence-electron chi connectivity index (χ1n) is 10.0. The molecule has 1 atom stereocenters. The molecule has 0 saturated heterocycles. The van der Waals surface area contributed by atoms with Crippen LogP contribution in [0.4, 0.5) is 0 Å². The fourth-order valence-corrected chi connectivity index (χ4v) is 1.99. The van der Waals surface area contributed by atoms with Crippen LogP contribution in [0, 0.1) is 5.92 Å². The summed E-state index contributed by atoms with van der Waals surface area (Å²) in [5, 5.41) is 33.8. The maximum atomic E-state index is 10.9. The van der Waals surface area contributed by atoms with E-state index in [0.717, 1.165) is 18.9 Å². The van der Waals surface area contributed by atoms with E-state index in [4.69, 9.17) is 20.4 Å². The summed E-state index contributed by atoms with van der Waals surface area (Å²) in [4.78, 5) is 43.2. The third-order valence-electron chi connectivity index (χ3n) is 3.98. The Balaban J connectivity index is -0.000000496. The molecule has 182 valence electrons. The average molecular weight is 456 g/mol. The Kier molecular flexibility index (Phi) is 20.6. The minimum absolute atomic E-state index is 0.0315. The number of allylic oxidation sites excluding steroid dienone is 1. The molecule has 0 rings (SSSR count). The fourth-order valence-electron chi connectivity index (χ4n) is 1.99. The molecule has 1 unspecified atom stereocenters. The highest BCUT2D eigenvalue weighted by Gasteiger charge is 2.18. The van der Waals surface area contributed by atoms with Gasteiger partial charge in [-0.15, -0.1) is 0 Å². The molecule has 9 nitrogen and oxygen atoms in total. The van der Waals surface area contributed by atoms with Gasteiger partial charge < -0.3 is 25.3 Å². The molecule has 0 aromatic heterocycles. The molecule has 0 aliphatic rings. The van der Waals surface area contributed by atoms with Gasteiger partial charge in [-0.3, -0.25) is 0 Å². The Labute approximate surface area is 190 Å². The lowest BCUT2D eigenvalue weighted by atomic mass is 9.93. The van der Waals surface area contributed by atoms with Crippen LogP contribution in [-0.2, 0) is 19.2 Å². The van der Waals surface area contributed by atoms with Crippen molar-refractivity contribution < 1.29 is 39.6 Å². The number of hydrogen-bond donors (Lipinski definition) is 4. The smallest absolute Gasteiger partial charge is 0.331 e. The standard InChI is InChI=1S/C13H21NO4.C7H12O2.C3H4O2/c1-5-10(13(17)18)8-11(6-7-14(3)4)9(2)12(15)16;1-3-4-5-6(2)7(8)9;1-2-3(4)5/h8,11H,2,5-7H2,1,3-4H3,(H,15,16)(H,17,18);2-5H2,1H3,(H,8,9);2H,1H2,(H,4,5). The van der Waals surface area contributed by atoms with Gasteiger partial charge in [-0.25, -0.2) is 19.2 Å². The zero-order chi connectivity index (χ0) is 25.9. The van der Waals surface area contributed by atoms with Crippen molar-refractivity contribution in [3.05, 3.63) is 48.6 Å². The van der Waals surface area contributed by atoms with Crippen LogP contribution in [0.2, 0.25) is 0 Å². The summed E-state index contributed by atoms with van der Waals surface area (Å²) in [5.41, 5.74) is 0.571. The number of hydrogen-bond acceptors (Lipinski definition) is 5. The van der Waals surface area contributed by atoms with Gasteiger partial charge in [0.1, 0.15) is 0 Å².